The van der Waals surface area contributed by atoms with Gasteiger partial charge in [-0.3, -0.25) is 5.10 Å². The Labute approximate surface area is 118 Å². The number of rotatable bonds is 8. The molecule has 2 rings (SSSR count). The zero-order valence-corrected chi connectivity index (χ0v) is 12.8. The summed E-state index contributed by atoms with van der Waals surface area (Å²) >= 11 is 1.61. The van der Waals surface area contributed by atoms with Gasteiger partial charge < -0.3 is 5.32 Å². The number of sulfonamides is 1. The van der Waals surface area contributed by atoms with Crippen molar-refractivity contribution in [2.24, 2.45) is 0 Å². The second-order valence-corrected chi connectivity index (χ2v) is 7.42. The van der Waals surface area contributed by atoms with Crippen LogP contribution in [0.3, 0.4) is 0 Å². The number of hydrogen-bond donors (Lipinski definition) is 3. The fraction of sp³-hybridized carbons (Fsp3) is 0.727. The Balaban J connectivity index is 2.04. The molecule has 0 spiro atoms. The highest BCUT2D eigenvalue weighted by atomic mass is 32.2. The van der Waals surface area contributed by atoms with Gasteiger partial charge in [-0.1, -0.05) is 0 Å². The second kappa shape index (κ2) is 6.25. The van der Waals surface area contributed by atoms with Gasteiger partial charge >= 0.3 is 0 Å². The van der Waals surface area contributed by atoms with Crippen molar-refractivity contribution in [1.82, 2.24) is 20.2 Å². The van der Waals surface area contributed by atoms with Crippen LogP contribution in [0.4, 0.5) is 0 Å². The largest absolute Gasteiger partial charge is 0.310 e. The quantitative estimate of drug-likeness (QED) is 0.658. The van der Waals surface area contributed by atoms with E-state index in [0.717, 1.165) is 5.75 Å². The Morgan fingerprint density at radius 3 is 2.95 bits per heavy atom. The van der Waals surface area contributed by atoms with Crippen LogP contribution >= 0.6 is 11.8 Å². The van der Waals surface area contributed by atoms with Gasteiger partial charge in [-0.2, -0.15) is 16.9 Å². The summed E-state index contributed by atoms with van der Waals surface area (Å²) in [6, 6.07) is 0.432. The summed E-state index contributed by atoms with van der Waals surface area (Å²) in [5, 5.41) is 9.91. The van der Waals surface area contributed by atoms with E-state index >= 15 is 0 Å². The lowest BCUT2D eigenvalue weighted by atomic mass is 10.3. The molecule has 1 fully saturated rings. The molecule has 0 saturated heterocycles. The van der Waals surface area contributed by atoms with Crippen molar-refractivity contribution in [3.05, 3.63) is 11.8 Å². The summed E-state index contributed by atoms with van der Waals surface area (Å²) in [5.74, 6) is 0.739. The summed E-state index contributed by atoms with van der Waals surface area (Å²) < 4.78 is 27.1. The molecule has 1 aliphatic rings. The van der Waals surface area contributed by atoms with Gasteiger partial charge in [0.15, 0.2) is 5.03 Å². The molecule has 0 radical (unpaired) electrons. The first-order chi connectivity index (χ1) is 9.03. The molecule has 108 valence electrons. The van der Waals surface area contributed by atoms with Gasteiger partial charge in [0.25, 0.3) is 10.0 Å². The van der Waals surface area contributed by atoms with Gasteiger partial charge in [-0.25, -0.2) is 13.1 Å². The smallest absolute Gasteiger partial charge is 0.258 e. The molecule has 3 N–H and O–H groups in total. The summed E-state index contributed by atoms with van der Waals surface area (Å²) in [6.07, 6.45) is 5.86. The Morgan fingerprint density at radius 2 is 2.32 bits per heavy atom. The second-order valence-electron chi connectivity index (χ2n) is 4.86. The summed E-state index contributed by atoms with van der Waals surface area (Å²) in [5.41, 5.74) is 0.691. The average molecular weight is 304 g/mol. The molecule has 1 atom stereocenters. The van der Waals surface area contributed by atoms with Gasteiger partial charge in [0.2, 0.25) is 0 Å². The molecule has 1 aromatic heterocycles. The Kier molecular flexibility index (Phi) is 4.88. The molecule has 1 unspecified atom stereocenters. The summed E-state index contributed by atoms with van der Waals surface area (Å²) in [7, 11) is -3.52. The van der Waals surface area contributed by atoms with Gasteiger partial charge in [-0.05, 0) is 26.0 Å². The highest BCUT2D eigenvalue weighted by Crippen LogP contribution is 2.20. The van der Waals surface area contributed by atoms with E-state index in [1.165, 1.54) is 12.8 Å². The lowest BCUT2D eigenvalue weighted by molar-refractivity contribution is 0.563. The third-order valence-electron chi connectivity index (χ3n) is 2.88. The highest BCUT2D eigenvalue weighted by Gasteiger charge is 2.25. The van der Waals surface area contributed by atoms with Crippen LogP contribution in [0.2, 0.25) is 0 Å². The molecule has 0 bridgehead atoms. The van der Waals surface area contributed by atoms with Crippen molar-refractivity contribution in [2.75, 3.05) is 12.0 Å². The molecule has 0 aliphatic heterocycles. The number of nitrogens with zero attached hydrogens (tertiary/aromatic N) is 1. The van der Waals surface area contributed by atoms with Crippen LogP contribution in [0.5, 0.6) is 0 Å². The number of thioether (sulfide) groups is 1. The van der Waals surface area contributed by atoms with E-state index in [4.69, 9.17) is 0 Å². The number of aromatic nitrogens is 2. The standard InChI is InChI=1S/C11H20N4O2S2/c1-8(7-18-2)15-19(16,17)11-9(6-13-14-11)5-12-10-3-4-10/h6,8,10,12,15H,3-5,7H2,1-2H3,(H,13,14). The Hall–Kier alpha value is -0.570. The molecule has 19 heavy (non-hydrogen) atoms. The van der Waals surface area contributed by atoms with Crippen molar-refractivity contribution in [3.63, 3.8) is 0 Å². The number of nitrogens with one attached hydrogen (secondary N) is 3. The van der Waals surface area contributed by atoms with E-state index < -0.39 is 10.0 Å². The zero-order valence-electron chi connectivity index (χ0n) is 11.1. The minimum absolute atomic E-state index is 0.104. The van der Waals surface area contributed by atoms with Crippen LogP contribution in [0.1, 0.15) is 25.3 Å². The molecule has 1 heterocycles. The van der Waals surface area contributed by atoms with Crippen LogP contribution in [-0.2, 0) is 16.6 Å². The number of H-pyrrole nitrogens is 1. The van der Waals surface area contributed by atoms with Crippen LogP contribution in [-0.4, -0.2) is 42.7 Å². The minimum atomic E-state index is -3.52. The maximum absolute atomic E-state index is 12.2. The maximum atomic E-state index is 12.2. The summed E-state index contributed by atoms with van der Waals surface area (Å²) in [6.45, 7) is 2.39. The molecule has 1 aromatic rings. The Morgan fingerprint density at radius 1 is 1.58 bits per heavy atom. The van der Waals surface area contributed by atoms with Crippen molar-refractivity contribution in [2.45, 2.75) is 43.4 Å². The molecule has 0 aromatic carbocycles. The van der Waals surface area contributed by atoms with E-state index in [9.17, 15) is 8.42 Å². The maximum Gasteiger partial charge on any atom is 0.258 e. The third kappa shape index (κ3) is 4.20. The van der Waals surface area contributed by atoms with Gasteiger partial charge in [0.05, 0.1) is 6.20 Å². The van der Waals surface area contributed by atoms with E-state index in [1.807, 2.05) is 13.2 Å². The van der Waals surface area contributed by atoms with Crippen LogP contribution in [0, 0.1) is 0 Å². The van der Waals surface area contributed by atoms with Gasteiger partial charge in [0.1, 0.15) is 0 Å². The van der Waals surface area contributed by atoms with E-state index in [2.05, 4.69) is 20.2 Å². The summed E-state index contributed by atoms with van der Waals surface area (Å²) in [4.78, 5) is 0. The highest BCUT2D eigenvalue weighted by molar-refractivity contribution is 7.98. The number of hydrogen-bond acceptors (Lipinski definition) is 5. The zero-order chi connectivity index (χ0) is 13.9. The normalized spacial score (nSPS) is 17.6. The van der Waals surface area contributed by atoms with Crippen molar-refractivity contribution >= 4 is 21.8 Å². The minimum Gasteiger partial charge on any atom is -0.310 e. The fourth-order valence-electron chi connectivity index (χ4n) is 1.81. The van der Waals surface area contributed by atoms with Crippen LogP contribution in [0.25, 0.3) is 0 Å². The lowest BCUT2D eigenvalue weighted by Gasteiger charge is -2.13. The first-order valence-corrected chi connectivity index (χ1v) is 9.17. The predicted octanol–water partition coefficient (Wildman–Crippen LogP) is 0.691. The van der Waals surface area contributed by atoms with E-state index in [1.54, 1.807) is 18.0 Å². The molecule has 1 aliphatic carbocycles. The molecule has 1 saturated carbocycles. The molecule has 6 nitrogen and oxygen atoms in total. The number of aromatic amines is 1. The average Bonchev–Trinajstić information content (AvgIpc) is 3.02. The lowest BCUT2D eigenvalue weighted by Crippen LogP contribution is -2.35. The van der Waals surface area contributed by atoms with Crippen molar-refractivity contribution in [3.8, 4) is 0 Å². The van der Waals surface area contributed by atoms with Gasteiger partial charge in [0, 0.05) is 29.9 Å². The van der Waals surface area contributed by atoms with Crippen molar-refractivity contribution < 1.29 is 8.42 Å². The van der Waals surface area contributed by atoms with Gasteiger partial charge in [-0.15, -0.1) is 0 Å². The Bertz CT molecular complexity index is 511. The van der Waals surface area contributed by atoms with Crippen molar-refractivity contribution in [1.29, 1.82) is 0 Å². The molecular formula is C11H20N4O2S2. The molecule has 8 heteroatoms. The monoisotopic (exact) mass is 304 g/mol. The molecular weight excluding hydrogens is 284 g/mol. The van der Waals surface area contributed by atoms with E-state index in [0.29, 0.717) is 18.2 Å². The van der Waals surface area contributed by atoms with Crippen LogP contribution < -0.4 is 10.0 Å². The first-order valence-electron chi connectivity index (χ1n) is 6.30. The topological polar surface area (TPSA) is 86.9 Å². The fourth-order valence-corrected chi connectivity index (χ4v) is 3.87. The first kappa shape index (κ1) is 14.8. The molecule has 0 amide bonds. The predicted molar refractivity (Wildman–Crippen MR) is 76.6 cm³/mol. The van der Waals surface area contributed by atoms with Crippen LogP contribution in [0.15, 0.2) is 11.2 Å². The SMILES string of the molecule is CSCC(C)NS(=O)(=O)c1[nH]ncc1CNC1CC1. The third-order valence-corrected chi connectivity index (χ3v) is 5.32. The van der Waals surface area contributed by atoms with E-state index in [-0.39, 0.29) is 11.1 Å².